The minimum Gasteiger partial charge on any atom is -0.493 e. The predicted octanol–water partition coefficient (Wildman–Crippen LogP) is 2.50. The number of ether oxygens (including phenoxy) is 2. The summed E-state index contributed by atoms with van der Waals surface area (Å²) in [6.07, 6.45) is 4.96. The van der Waals surface area contributed by atoms with Gasteiger partial charge in [-0.05, 0) is 36.1 Å². The van der Waals surface area contributed by atoms with Gasteiger partial charge in [0.25, 0.3) is 5.91 Å². The van der Waals surface area contributed by atoms with Crippen molar-refractivity contribution in [2.24, 2.45) is 0 Å². The van der Waals surface area contributed by atoms with Crippen molar-refractivity contribution in [3.63, 3.8) is 0 Å². The van der Waals surface area contributed by atoms with E-state index in [2.05, 4.69) is 15.4 Å². The summed E-state index contributed by atoms with van der Waals surface area (Å²) in [5, 5.41) is 7.17. The molecule has 0 spiro atoms. The fourth-order valence-electron chi connectivity index (χ4n) is 2.71. The highest BCUT2D eigenvalue weighted by atomic mass is 35.5. The van der Waals surface area contributed by atoms with E-state index in [9.17, 15) is 4.79 Å². The molecule has 2 aromatic heterocycles. The number of hydrogen-bond acceptors (Lipinski definition) is 5. The Balaban J connectivity index is 1.61. The van der Waals surface area contributed by atoms with Crippen LogP contribution >= 0.6 is 11.6 Å². The summed E-state index contributed by atoms with van der Waals surface area (Å²) in [6.45, 7) is 0.479. The average Bonchev–Trinajstić information content (AvgIpc) is 3.11. The van der Waals surface area contributed by atoms with E-state index in [4.69, 9.17) is 21.1 Å². The fourth-order valence-corrected chi connectivity index (χ4v) is 2.93. The lowest BCUT2D eigenvalue weighted by atomic mass is 10.1. The van der Waals surface area contributed by atoms with Crippen molar-refractivity contribution in [1.29, 1.82) is 0 Å². The molecule has 1 aromatic carbocycles. The molecule has 0 saturated heterocycles. The van der Waals surface area contributed by atoms with E-state index in [1.807, 2.05) is 24.4 Å². The first-order chi connectivity index (χ1) is 13.1. The van der Waals surface area contributed by atoms with Crippen LogP contribution in [0.4, 0.5) is 0 Å². The normalized spacial score (nSPS) is 10.8. The molecule has 0 aliphatic rings. The van der Waals surface area contributed by atoms with Crippen molar-refractivity contribution in [1.82, 2.24) is 19.9 Å². The van der Waals surface area contributed by atoms with Gasteiger partial charge in [0.2, 0.25) is 0 Å². The molecule has 7 nitrogen and oxygen atoms in total. The number of amides is 1. The van der Waals surface area contributed by atoms with E-state index in [0.717, 1.165) is 11.1 Å². The van der Waals surface area contributed by atoms with Gasteiger partial charge in [-0.3, -0.25) is 4.79 Å². The lowest BCUT2D eigenvalue weighted by Crippen LogP contribution is -2.26. The van der Waals surface area contributed by atoms with Gasteiger partial charge in [0.05, 0.1) is 14.2 Å². The highest BCUT2D eigenvalue weighted by Crippen LogP contribution is 2.27. The largest absolute Gasteiger partial charge is 0.493 e. The number of aromatic nitrogens is 3. The van der Waals surface area contributed by atoms with Crippen LogP contribution < -0.4 is 14.8 Å². The summed E-state index contributed by atoms with van der Waals surface area (Å²) in [5.41, 5.74) is 2.97. The molecule has 2 heterocycles. The first kappa shape index (κ1) is 19.0. The van der Waals surface area contributed by atoms with Crippen LogP contribution in [0.1, 0.15) is 21.6 Å². The van der Waals surface area contributed by atoms with Gasteiger partial charge in [-0.2, -0.15) is 5.10 Å². The first-order valence-electron chi connectivity index (χ1n) is 8.54. The number of benzene rings is 1. The maximum absolute atomic E-state index is 12.4. The number of alkyl halides is 1. The Morgan fingerprint density at radius 1 is 1.15 bits per heavy atom. The molecule has 3 aromatic rings. The Kier molecular flexibility index (Phi) is 6.13. The van der Waals surface area contributed by atoms with Gasteiger partial charge >= 0.3 is 0 Å². The summed E-state index contributed by atoms with van der Waals surface area (Å²) in [4.78, 5) is 16.7. The van der Waals surface area contributed by atoms with E-state index in [0.29, 0.717) is 48.1 Å². The Bertz CT molecular complexity index is 942. The predicted molar refractivity (Wildman–Crippen MR) is 103 cm³/mol. The van der Waals surface area contributed by atoms with Crippen molar-refractivity contribution < 1.29 is 14.3 Å². The van der Waals surface area contributed by atoms with Crippen molar-refractivity contribution in [3.05, 3.63) is 53.5 Å². The number of nitrogens with one attached hydrogen (secondary N) is 1. The van der Waals surface area contributed by atoms with Crippen LogP contribution in [0.15, 0.2) is 36.7 Å². The topological polar surface area (TPSA) is 77.8 Å². The Morgan fingerprint density at radius 2 is 1.96 bits per heavy atom. The van der Waals surface area contributed by atoms with Gasteiger partial charge in [-0.15, -0.1) is 11.6 Å². The fraction of sp³-hybridized carbons (Fsp3) is 0.316. The maximum Gasteiger partial charge on any atom is 0.271 e. The number of methoxy groups -OCH3 is 2. The minimum atomic E-state index is -0.236. The van der Waals surface area contributed by atoms with Crippen LogP contribution in [0.3, 0.4) is 0 Å². The molecule has 3 rings (SSSR count). The Labute approximate surface area is 162 Å². The van der Waals surface area contributed by atoms with Gasteiger partial charge in [-0.25, -0.2) is 9.50 Å². The first-order valence-corrected chi connectivity index (χ1v) is 9.07. The molecule has 0 radical (unpaired) electrons. The smallest absolute Gasteiger partial charge is 0.271 e. The number of carbonyl (C=O) groups is 1. The second-order valence-electron chi connectivity index (χ2n) is 5.93. The molecule has 0 aliphatic carbocycles. The molecule has 27 heavy (non-hydrogen) atoms. The average molecular weight is 389 g/mol. The minimum absolute atomic E-state index is 0.236. The second kappa shape index (κ2) is 8.73. The highest BCUT2D eigenvalue weighted by molar-refractivity contribution is 6.17. The third-order valence-electron chi connectivity index (χ3n) is 4.13. The van der Waals surface area contributed by atoms with Crippen LogP contribution in [0.2, 0.25) is 0 Å². The standard InChI is InChI=1S/C19H21ClN4O3/c1-26-16-4-3-13(9-17(16)27-2)6-8-21-19(25)15-10-18-22-11-14(5-7-20)12-24(18)23-15/h3-4,9-12H,5-8H2,1-2H3,(H,21,25). The van der Waals surface area contributed by atoms with Gasteiger partial charge in [0.15, 0.2) is 22.8 Å². The number of halogens is 1. The number of hydrogen-bond donors (Lipinski definition) is 1. The van der Waals surface area contributed by atoms with Crippen LogP contribution in [0.25, 0.3) is 5.65 Å². The van der Waals surface area contributed by atoms with Crippen LogP contribution in [0, 0.1) is 0 Å². The molecular formula is C19H21ClN4O3. The van der Waals surface area contributed by atoms with E-state index >= 15 is 0 Å². The molecule has 0 aliphatic heterocycles. The number of aryl methyl sites for hydroxylation is 1. The zero-order chi connectivity index (χ0) is 19.2. The van der Waals surface area contributed by atoms with Gasteiger partial charge in [0.1, 0.15) is 0 Å². The maximum atomic E-state index is 12.4. The lowest BCUT2D eigenvalue weighted by Gasteiger charge is -2.09. The zero-order valence-corrected chi connectivity index (χ0v) is 16.0. The molecular weight excluding hydrogens is 368 g/mol. The van der Waals surface area contributed by atoms with Gasteiger partial charge < -0.3 is 14.8 Å². The summed E-state index contributed by atoms with van der Waals surface area (Å²) in [6, 6.07) is 7.36. The number of nitrogens with zero attached hydrogens (tertiary/aromatic N) is 3. The van der Waals surface area contributed by atoms with Crippen LogP contribution in [-0.2, 0) is 12.8 Å². The number of carbonyl (C=O) groups excluding carboxylic acids is 1. The number of fused-ring (bicyclic) bond motifs is 1. The highest BCUT2D eigenvalue weighted by Gasteiger charge is 2.12. The summed E-state index contributed by atoms with van der Waals surface area (Å²) >= 11 is 5.75. The van der Waals surface area contributed by atoms with E-state index in [1.54, 1.807) is 31.0 Å². The molecule has 142 valence electrons. The molecule has 0 saturated carbocycles. The summed E-state index contributed by atoms with van der Waals surface area (Å²) in [5.74, 6) is 1.62. The quantitative estimate of drug-likeness (QED) is 0.600. The van der Waals surface area contributed by atoms with Gasteiger partial charge in [-0.1, -0.05) is 6.07 Å². The zero-order valence-electron chi connectivity index (χ0n) is 15.2. The van der Waals surface area contributed by atoms with E-state index < -0.39 is 0 Å². The molecule has 1 amide bonds. The van der Waals surface area contributed by atoms with Crippen LogP contribution in [0.5, 0.6) is 11.5 Å². The molecule has 0 atom stereocenters. The van der Waals surface area contributed by atoms with E-state index in [1.165, 1.54) is 0 Å². The van der Waals surface area contributed by atoms with Crippen molar-refractivity contribution in [2.45, 2.75) is 12.8 Å². The molecule has 0 unspecified atom stereocenters. The second-order valence-corrected chi connectivity index (χ2v) is 6.31. The SMILES string of the molecule is COc1ccc(CCNC(=O)c2cc3ncc(CCCl)cn3n2)cc1OC. The monoisotopic (exact) mass is 388 g/mol. The van der Waals surface area contributed by atoms with Crippen LogP contribution in [-0.4, -0.2) is 47.1 Å². The number of rotatable bonds is 8. The molecule has 8 heteroatoms. The Hall–Kier alpha value is -2.80. The van der Waals surface area contributed by atoms with Gasteiger partial charge in [0, 0.05) is 30.9 Å². The summed E-state index contributed by atoms with van der Waals surface area (Å²) < 4.78 is 12.1. The third-order valence-corrected chi connectivity index (χ3v) is 4.32. The summed E-state index contributed by atoms with van der Waals surface area (Å²) in [7, 11) is 3.19. The molecule has 0 fully saturated rings. The Morgan fingerprint density at radius 3 is 2.70 bits per heavy atom. The van der Waals surface area contributed by atoms with E-state index in [-0.39, 0.29) is 5.91 Å². The molecule has 1 N–H and O–H groups in total. The third kappa shape index (κ3) is 4.49. The molecule has 0 bridgehead atoms. The van der Waals surface area contributed by atoms with Crippen molar-refractivity contribution >= 4 is 23.2 Å². The van der Waals surface area contributed by atoms with Crippen molar-refractivity contribution in [2.75, 3.05) is 26.6 Å². The van der Waals surface area contributed by atoms with Crippen molar-refractivity contribution in [3.8, 4) is 11.5 Å². The lowest BCUT2D eigenvalue weighted by molar-refractivity contribution is 0.0949.